The highest BCUT2D eigenvalue weighted by atomic mass is 35.5. The van der Waals surface area contributed by atoms with Gasteiger partial charge in [0.15, 0.2) is 6.10 Å². The zero-order valence-electron chi connectivity index (χ0n) is 13.8. The lowest BCUT2D eigenvalue weighted by Crippen LogP contribution is -2.32. The summed E-state index contributed by atoms with van der Waals surface area (Å²) in [5.41, 5.74) is 0.881. The molecule has 26 heavy (non-hydrogen) atoms. The van der Waals surface area contributed by atoms with Crippen molar-refractivity contribution in [2.75, 3.05) is 5.32 Å². The van der Waals surface area contributed by atoms with E-state index < -0.39 is 6.10 Å². The lowest BCUT2D eigenvalue weighted by molar-refractivity contribution is -0.122. The largest absolute Gasteiger partial charge is 0.479 e. The van der Waals surface area contributed by atoms with E-state index in [0.29, 0.717) is 32.4 Å². The second-order valence-corrected chi connectivity index (χ2v) is 7.17. The van der Waals surface area contributed by atoms with Gasteiger partial charge in [0.05, 0.1) is 5.02 Å². The number of rotatable bonds is 6. The van der Waals surface area contributed by atoms with E-state index in [1.165, 1.54) is 11.3 Å². The van der Waals surface area contributed by atoms with E-state index in [4.69, 9.17) is 27.9 Å². The number of para-hydroxylation sites is 1. The molecule has 3 rings (SSSR count). The summed E-state index contributed by atoms with van der Waals surface area (Å²) in [7, 11) is 0. The zero-order valence-corrected chi connectivity index (χ0v) is 16.1. The summed E-state index contributed by atoms with van der Waals surface area (Å²) < 4.78 is 5.73. The number of benzene rings is 2. The highest BCUT2D eigenvalue weighted by Crippen LogP contribution is 2.28. The molecule has 1 heterocycles. The number of anilines is 1. The fourth-order valence-electron chi connectivity index (χ4n) is 2.18. The van der Waals surface area contributed by atoms with Crippen LogP contribution in [-0.4, -0.2) is 22.2 Å². The van der Waals surface area contributed by atoms with Gasteiger partial charge in [0.1, 0.15) is 10.8 Å². The third kappa shape index (κ3) is 4.52. The first-order valence-corrected chi connectivity index (χ1v) is 9.45. The molecule has 0 radical (unpaired) electrons. The van der Waals surface area contributed by atoms with Crippen LogP contribution >= 0.6 is 34.5 Å². The molecule has 1 atom stereocenters. The van der Waals surface area contributed by atoms with Gasteiger partial charge in [-0.05, 0) is 30.7 Å². The SMILES string of the molecule is CC[C@H](Oc1ccccc1Cl)C(=O)Nc1nnc(-c2ccc(Cl)cc2)s1. The molecule has 1 aromatic heterocycles. The maximum absolute atomic E-state index is 12.5. The first-order chi connectivity index (χ1) is 12.6. The van der Waals surface area contributed by atoms with Crippen LogP contribution < -0.4 is 10.1 Å². The third-order valence-electron chi connectivity index (χ3n) is 3.52. The van der Waals surface area contributed by atoms with Crippen LogP contribution in [0.2, 0.25) is 10.0 Å². The van der Waals surface area contributed by atoms with Crippen molar-refractivity contribution in [3.63, 3.8) is 0 Å². The smallest absolute Gasteiger partial charge is 0.267 e. The number of carbonyl (C=O) groups is 1. The average molecular weight is 408 g/mol. The number of carbonyl (C=O) groups excluding carboxylic acids is 1. The Morgan fingerprint density at radius 1 is 1.15 bits per heavy atom. The van der Waals surface area contributed by atoms with Crippen molar-refractivity contribution in [1.29, 1.82) is 0 Å². The number of nitrogens with one attached hydrogen (secondary N) is 1. The second kappa shape index (κ2) is 8.49. The lowest BCUT2D eigenvalue weighted by Gasteiger charge is -2.17. The van der Waals surface area contributed by atoms with Crippen molar-refractivity contribution >= 4 is 45.6 Å². The maximum Gasteiger partial charge on any atom is 0.267 e. The zero-order chi connectivity index (χ0) is 18.5. The molecule has 1 amide bonds. The summed E-state index contributed by atoms with van der Waals surface area (Å²) in [5, 5.41) is 13.1. The van der Waals surface area contributed by atoms with E-state index in [9.17, 15) is 4.79 Å². The van der Waals surface area contributed by atoms with Crippen LogP contribution in [0.1, 0.15) is 13.3 Å². The first-order valence-electron chi connectivity index (χ1n) is 7.88. The number of ether oxygens (including phenoxy) is 1. The Morgan fingerprint density at radius 2 is 1.88 bits per heavy atom. The van der Waals surface area contributed by atoms with Gasteiger partial charge in [-0.2, -0.15) is 0 Å². The molecule has 0 unspecified atom stereocenters. The van der Waals surface area contributed by atoms with Crippen molar-refractivity contribution < 1.29 is 9.53 Å². The van der Waals surface area contributed by atoms with Crippen molar-refractivity contribution in [3.8, 4) is 16.3 Å². The van der Waals surface area contributed by atoms with Gasteiger partial charge in [-0.3, -0.25) is 10.1 Å². The summed E-state index contributed by atoms with van der Waals surface area (Å²) in [6, 6.07) is 14.3. The number of nitrogens with zero attached hydrogens (tertiary/aromatic N) is 2. The molecule has 0 spiro atoms. The molecular formula is C18H15Cl2N3O2S. The van der Waals surface area contributed by atoms with Crippen molar-refractivity contribution in [2.24, 2.45) is 0 Å². The van der Waals surface area contributed by atoms with Gasteiger partial charge < -0.3 is 4.74 Å². The second-order valence-electron chi connectivity index (χ2n) is 5.35. The number of halogens is 2. The van der Waals surface area contributed by atoms with Gasteiger partial charge in [0, 0.05) is 10.6 Å². The van der Waals surface area contributed by atoms with E-state index in [-0.39, 0.29) is 5.91 Å². The molecule has 0 aliphatic carbocycles. The lowest BCUT2D eigenvalue weighted by atomic mass is 10.2. The molecule has 2 aromatic carbocycles. The number of hydrogen-bond donors (Lipinski definition) is 1. The Bertz CT molecular complexity index is 899. The van der Waals surface area contributed by atoms with E-state index in [1.807, 2.05) is 19.1 Å². The molecule has 134 valence electrons. The van der Waals surface area contributed by atoms with Gasteiger partial charge in [-0.15, -0.1) is 10.2 Å². The molecule has 0 bridgehead atoms. The highest BCUT2D eigenvalue weighted by molar-refractivity contribution is 7.18. The molecule has 8 heteroatoms. The number of hydrogen-bond acceptors (Lipinski definition) is 5. The van der Waals surface area contributed by atoms with E-state index in [0.717, 1.165) is 5.56 Å². The molecule has 0 saturated heterocycles. The predicted octanol–water partition coefficient (Wildman–Crippen LogP) is 5.31. The number of amides is 1. The Balaban J connectivity index is 1.68. The summed E-state index contributed by atoms with van der Waals surface area (Å²) in [5.74, 6) is 0.168. The maximum atomic E-state index is 12.5. The fraction of sp³-hybridized carbons (Fsp3) is 0.167. The Hall–Kier alpha value is -2.15. The van der Waals surface area contributed by atoms with Gasteiger partial charge in [0.25, 0.3) is 5.91 Å². The van der Waals surface area contributed by atoms with Crippen LogP contribution in [0.5, 0.6) is 5.75 Å². The molecule has 0 aliphatic heterocycles. The summed E-state index contributed by atoms with van der Waals surface area (Å²) >= 11 is 13.3. The third-order valence-corrected chi connectivity index (χ3v) is 4.97. The van der Waals surface area contributed by atoms with Gasteiger partial charge >= 0.3 is 0 Å². The summed E-state index contributed by atoms with van der Waals surface area (Å²) in [6.45, 7) is 1.86. The predicted molar refractivity (Wildman–Crippen MR) is 105 cm³/mol. The van der Waals surface area contributed by atoms with Crippen molar-refractivity contribution in [3.05, 3.63) is 58.6 Å². The molecule has 3 aromatic rings. The van der Waals surface area contributed by atoms with Crippen LogP contribution in [0, 0.1) is 0 Å². The molecule has 0 saturated carbocycles. The van der Waals surface area contributed by atoms with Crippen molar-refractivity contribution in [2.45, 2.75) is 19.4 Å². The standard InChI is InChI=1S/C18H15Cl2N3O2S/c1-2-14(25-15-6-4-3-5-13(15)20)16(24)21-18-23-22-17(26-18)11-7-9-12(19)10-8-11/h3-10,14H,2H2,1H3,(H,21,23,24)/t14-/m0/s1. The Labute approximate surface area is 164 Å². The van der Waals surface area contributed by atoms with E-state index in [2.05, 4.69) is 15.5 Å². The van der Waals surface area contributed by atoms with Gasteiger partial charge in [0.2, 0.25) is 5.13 Å². The quantitative estimate of drug-likeness (QED) is 0.601. The highest BCUT2D eigenvalue weighted by Gasteiger charge is 2.21. The molecule has 0 fully saturated rings. The minimum absolute atomic E-state index is 0.300. The van der Waals surface area contributed by atoms with E-state index >= 15 is 0 Å². The van der Waals surface area contributed by atoms with Crippen molar-refractivity contribution in [1.82, 2.24) is 10.2 Å². The van der Waals surface area contributed by atoms with Crippen LogP contribution in [0.25, 0.3) is 10.6 Å². The molecule has 5 nitrogen and oxygen atoms in total. The van der Waals surface area contributed by atoms with Crippen LogP contribution in [-0.2, 0) is 4.79 Å². The fourth-order valence-corrected chi connectivity index (χ4v) is 3.24. The summed E-state index contributed by atoms with van der Waals surface area (Å²) in [4.78, 5) is 12.5. The normalized spacial score (nSPS) is 11.8. The monoisotopic (exact) mass is 407 g/mol. The van der Waals surface area contributed by atoms with Gasteiger partial charge in [-0.25, -0.2) is 0 Å². The average Bonchev–Trinajstić information content (AvgIpc) is 3.10. The van der Waals surface area contributed by atoms with Crippen LogP contribution in [0.4, 0.5) is 5.13 Å². The van der Waals surface area contributed by atoms with Crippen LogP contribution in [0.15, 0.2) is 48.5 Å². The van der Waals surface area contributed by atoms with Gasteiger partial charge in [-0.1, -0.05) is 65.7 Å². The Kier molecular flexibility index (Phi) is 6.08. The first kappa shape index (κ1) is 18.6. The summed E-state index contributed by atoms with van der Waals surface area (Å²) in [6.07, 6.45) is -0.197. The Morgan fingerprint density at radius 3 is 2.58 bits per heavy atom. The van der Waals surface area contributed by atoms with E-state index in [1.54, 1.807) is 36.4 Å². The number of aromatic nitrogens is 2. The minimum atomic E-state index is -0.683. The van der Waals surface area contributed by atoms with Crippen LogP contribution in [0.3, 0.4) is 0 Å². The molecular weight excluding hydrogens is 393 g/mol. The minimum Gasteiger partial charge on any atom is -0.479 e. The molecule has 1 N–H and O–H groups in total. The topological polar surface area (TPSA) is 64.1 Å². The molecule has 0 aliphatic rings.